The molecule has 0 aliphatic carbocycles. The highest BCUT2D eigenvalue weighted by atomic mass is 16.7. The van der Waals surface area contributed by atoms with Crippen molar-refractivity contribution >= 4 is 17.4 Å². The molecule has 10 heteroatoms. The molecule has 0 saturated carbocycles. The highest BCUT2D eigenvalue weighted by Crippen LogP contribution is 2.42. The third kappa shape index (κ3) is 7.16. The highest BCUT2D eigenvalue weighted by Gasteiger charge is 2.42. The van der Waals surface area contributed by atoms with Crippen molar-refractivity contribution in [1.82, 2.24) is 10.3 Å². The van der Waals surface area contributed by atoms with Gasteiger partial charge in [0.2, 0.25) is 6.29 Å². The first-order chi connectivity index (χ1) is 15.2. The van der Waals surface area contributed by atoms with Crippen molar-refractivity contribution in [2.24, 2.45) is 17.3 Å². The van der Waals surface area contributed by atoms with Gasteiger partial charge in [0, 0.05) is 38.3 Å². The average molecular weight is 451 g/mol. The van der Waals surface area contributed by atoms with E-state index in [1.54, 1.807) is 0 Å². The van der Waals surface area contributed by atoms with Crippen LogP contribution in [-0.4, -0.2) is 53.5 Å². The SMILES string of the molecule is CCO[C@H]1OC(C(=O)NCCNc2ccc([N+](=O)[O-])cn2)=C[C@@H](C(C)(C)C)[C@H]1CCCO. The Kier molecular flexibility index (Phi) is 9.40. The summed E-state index contributed by atoms with van der Waals surface area (Å²) in [4.78, 5) is 26.9. The molecule has 0 fully saturated rings. The maximum atomic E-state index is 12.8. The molecule has 32 heavy (non-hydrogen) atoms. The molecule has 0 unspecified atom stereocenters. The number of nitro groups is 1. The van der Waals surface area contributed by atoms with E-state index in [1.807, 2.05) is 13.0 Å². The standard InChI is InChI=1S/C22H34N4O6/c1-5-31-21-16(7-6-12-27)17(22(2,3)4)13-18(32-21)20(28)24-11-10-23-19-9-8-15(14-25-19)26(29)30/h8-9,13-14,16-17,21,27H,5-7,10-12H2,1-4H3,(H,23,25)(H,24,28)/t16-,17-,21+/m1/s1. The molecule has 0 spiro atoms. The van der Waals surface area contributed by atoms with Crippen molar-refractivity contribution in [3.63, 3.8) is 0 Å². The van der Waals surface area contributed by atoms with Gasteiger partial charge < -0.3 is 25.2 Å². The fraction of sp³-hybridized carbons (Fsp3) is 0.636. The van der Waals surface area contributed by atoms with Crippen LogP contribution in [0.4, 0.5) is 11.5 Å². The quantitative estimate of drug-likeness (QED) is 0.266. The minimum atomic E-state index is -0.552. The van der Waals surface area contributed by atoms with E-state index in [-0.39, 0.29) is 41.2 Å². The first-order valence-electron chi connectivity index (χ1n) is 10.9. The van der Waals surface area contributed by atoms with Crippen LogP contribution in [0, 0.1) is 27.4 Å². The van der Waals surface area contributed by atoms with Gasteiger partial charge >= 0.3 is 0 Å². The van der Waals surface area contributed by atoms with Gasteiger partial charge in [0.05, 0.1) is 4.92 Å². The van der Waals surface area contributed by atoms with Gasteiger partial charge in [-0.05, 0) is 43.2 Å². The maximum absolute atomic E-state index is 12.8. The summed E-state index contributed by atoms with van der Waals surface area (Å²) in [6.07, 6.45) is 3.87. The maximum Gasteiger partial charge on any atom is 0.287 e. The predicted octanol–water partition coefficient (Wildman–Crippen LogP) is 2.85. The van der Waals surface area contributed by atoms with Crippen molar-refractivity contribution < 1.29 is 24.3 Å². The summed E-state index contributed by atoms with van der Waals surface area (Å²) < 4.78 is 11.7. The first-order valence-corrected chi connectivity index (χ1v) is 10.9. The number of pyridine rings is 1. The molecule has 1 aromatic heterocycles. The number of allylic oxidation sites excluding steroid dienone is 1. The van der Waals surface area contributed by atoms with Crippen molar-refractivity contribution in [1.29, 1.82) is 0 Å². The van der Waals surface area contributed by atoms with E-state index >= 15 is 0 Å². The lowest BCUT2D eigenvalue weighted by Crippen LogP contribution is -2.44. The zero-order valence-electron chi connectivity index (χ0n) is 19.2. The minimum Gasteiger partial charge on any atom is -0.459 e. The monoisotopic (exact) mass is 450 g/mol. The van der Waals surface area contributed by atoms with E-state index in [0.29, 0.717) is 31.9 Å². The van der Waals surface area contributed by atoms with Gasteiger partial charge in [-0.25, -0.2) is 4.98 Å². The molecule has 10 nitrogen and oxygen atoms in total. The highest BCUT2D eigenvalue weighted by molar-refractivity contribution is 5.91. The number of hydrogen-bond acceptors (Lipinski definition) is 8. The zero-order valence-corrected chi connectivity index (χ0v) is 19.2. The van der Waals surface area contributed by atoms with E-state index in [2.05, 4.69) is 36.4 Å². The Hall–Kier alpha value is -2.72. The number of anilines is 1. The number of carbonyl (C=O) groups is 1. The average Bonchev–Trinajstić information content (AvgIpc) is 2.75. The van der Waals surface area contributed by atoms with Crippen LogP contribution in [0.5, 0.6) is 0 Å². The molecule has 0 aromatic carbocycles. The Morgan fingerprint density at radius 3 is 2.66 bits per heavy atom. The summed E-state index contributed by atoms with van der Waals surface area (Å²) in [5, 5.41) is 25.8. The third-order valence-electron chi connectivity index (χ3n) is 5.31. The number of nitrogens with zero attached hydrogens (tertiary/aromatic N) is 2. The number of aromatic nitrogens is 1. The molecule has 1 aliphatic heterocycles. The van der Waals surface area contributed by atoms with Crippen LogP contribution in [0.3, 0.4) is 0 Å². The van der Waals surface area contributed by atoms with Crippen molar-refractivity contribution in [2.75, 3.05) is 31.6 Å². The molecule has 178 valence electrons. The number of amides is 1. The van der Waals surface area contributed by atoms with E-state index in [4.69, 9.17) is 9.47 Å². The van der Waals surface area contributed by atoms with Crippen LogP contribution in [0.2, 0.25) is 0 Å². The Morgan fingerprint density at radius 1 is 1.34 bits per heavy atom. The lowest BCUT2D eigenvalue weighted by atomic mass is 9.70. The minimum absolute atomic E-state index is 0.0357. The van der Waals surface area contributed by atoms with Gasteiger partial charge in [-0.1, -0.05) is 20.8 Å². The van der Waals surface area contributed by atoms with Crippen LogP contribution in [0.15, 0.2) is 30.2 Å². The van der Waals surface area contributed by atoms with Gasteiger partial charge in [-0.2, -0.15) is 0 Å². The molecule has 0 radical (unpaired) electrons. The fourth-order valence-corrected chi connectivity index (χ4v) is 3.75. The molecule has 0 saturated heterocycles. The molecule has 3 atom stereocenters. The summed E-state index contributed by atoms with van der Waals surface area (Å²) in [5.41, 5.74) is -0.201. The molecule has 1 amide bonds. The topological polar surface area (TPSA) is 136 Å². The third-order valence-corrected chi connectivity index (χ3v) is 5.31. The normalized spacial score (nSPS) is 20.8. The Bertz CT molecular complexity index is 791. The lowest BCUT2D eigenvalue weighted by molar-refractivity contribution is -0.385. The van der Waals surface area contributed by atoms with E-state index in [0.717, 1.165) is 6.42 Å². The molecule has 3 N–H and O–H groups in total. The second-order valence-electron chi connectivity index (χ2n) is 8.74. The summed E-state index contributed by atoms with van der Waals surface area (Å²) in [7, 11) is 0. The van der Waals surface area contributed by atoms with Crippen LogP contribution >= 0.6 is 0 Å². The van der Waals surface area contributed by atoms with Gasteiger partial charge in [-0.3, -0.25) is 14.9 Å². The zero-order chi connectivity index (χ0) is 23.7. The van der Waals surface area contributed by atoms with Crippen LogP contribution < -0.4 is 10.6 Å². The summed E-state index contributed by atoms with van der Waals surface area (Å²) in [6, 6.07) is 2.88. The summed E-state index contributed by atoms with van der Waals surface area (Å²) in [6.45, 7) is 9.49. The van der Waals surface area contributed by atoms with Crippen LogP contribution in [-0.2, 0) is 14.3 Å². The number of aliphatic hydroxyl groups excluding tert-OH is 1. The van der Waals surface area contributed by atoms with Crippen molar-refractivity contribution in [3.05, 3.63) is 40.3 Å². The molecular formula is C22H34N4O6. The number of carbonyl (C=O) groups excluding carboxylic acids is 1. The Balaban J connectivity index is 1.99. The molecule has 1 aromatic rings. The smallest absolute Gasteiger partial charge is 0.287 e. The summed E-state index contributed by atoms with van der Waals surface area (Å²) >= 11 is 0. The molecule has 0 bridgehead atoms. The van der Waals surface area contributed by atoms with Crippen LogP contribution in [0.25, 0.3) is 0 Å². The van der Waals surface area contributed by atoms with E-state index < -0.39 is 11.2 Å². The second-order valence-corrected chi connectivity index (χ2v) is 8.74. The largest absolute Gasteiger partial charge is 0.459 e. The summed E-state index contributed by atoms with van der Waals surface area (Å²) in [5.74, 6) is 0.463. The Morgan fingerprint density at radius 2 is 2.09 bits per heavy atom. The fourth-order valence-electron chi connectivity index (χ4n) is 3.75. The Labute approximate surface area is 188 Å². The molecule has 2 heterocycles. The molecule has 2 rings (SSSR count). The number of aliphatic hydroxyl groups is 1. The van der Waals surface area contributed by atoms with Crippen molar-refractivity contribution in [2.45, 2.75) is 46.8 Å². The first kappa shape index (κ1) is 25.5. The molecular weight excluding hydrogens is 416 g/mol. The number of hydrogen-bond donors (Lipinski definition) is 3. The predicted molar refractivity (Wildman–Crippen MR) is 120 cm³/mol. The molecule has 1 aliphatic rings. The van der Waals surface area contributed by atoms with Gasteiger partial charge in [0.1, 0.15) is 12.0 Å². The van der Waals surface area contributed by atoms with E-state index in [1.165, 1.54) is 18.3 Å². The van der Waals surface area contributed by atoms with Crippen molar-refractivity contribution in [3.8, 4) is 0 Å². The second kappa shape index (κ2) is 11.8. The number of nitrogens with one attached hydrogen (secondary N) is 2. The van der Waals surface area contributed by atoms with E-state index in [9.17, 15) is 20.0 Å². The number of rotatable bonds is 11. The number of ether oxygens (including phenoxy) is 2. The van der Waals surface area contributed by atoms with Crippen LogP contribution in [0.1, 0.15) is 40.5 Å². The van der Waals surface area contributed by atoms with Gasteiger partial charge in [0.25, 0.3) is 11.6 Å². The lowest BCUT2D eigenvalue weighted by Gasteiger charge is -2.42. The van der Waals surface area contributed by atoms with Gasteiger partial charge in [0.15, 0.2) is 5.76 Å². The van der Waals surface area contributed by atoms with Gasteiger partial charge in [-0.15, -0.1) is 0 Å².